The first kappa shape index (κ1) is 15.0. The van der Waals surface area contributed by atoms with Crippen molar-refractivity contribution in [1.29, 1.82) is 0 Å². The fraction of sp³-hybridized carbons (Fsp3) is 0.250. The average Bonchev–Trinajstić information content (AvgIpc) is 2.45. The fourth-order valence-corrected chi connectivity index (χ4v) is 2.06. The van der Waals surface area contributed by atoms with Crippen LogP contribution in [0, 0.1) is 6.92 Å². The van der Waals surface area contributed by atoms with E-state index in [0.29, 0.717) is 23.4 Å². The molecule has 0 atom stereocenters. The highest BCUT2D eigenvalue weighted by Gasteiger charge is 2.11. The smallest absolute Gasteiger partial charge is 0.259 e. The number of pyridine rings is 1. The summed E-state index contributed by atoms with van der Waals surface area (Å²) in [6, 6.07) is 9.22. The van der Waals surface area contributed by atoms with Crippen LogP contribution < -0.4 is 11.1 Å². The minimum atomic E-state index is -0.278. The first-order valence-electron chi connectivity index (χ1n) is 6.83. The molecule has 0 aliphatic heterocycles. The van der Waals surface area contributed by atoms with Crippen molar-refractivity contribution < 1.29 is 9.90 Å². The Morgan fingerprint density at radius 2 is 2.19 bits per heavy atom. The van der Waals surface area contributed by atoms with Crippen molar-refractivity contribution in [1.82, 2.24) is 4.98 Å². The van der Waals surface area contributed by atoms with Gasteiger partial charge in [0.2, 0.25) is 0 Å². The molecule has 1 aromatic carbocycles. The molecule has 5 nitrogen and oxygen atoms in total. The summed E-state index contributed by atoms with van der Waals surface area (Å²) in [5.74, 6) is -0.278. The van der Waals surface area contributed by atoms with E-state index in [2.05, 4.69) is 10.3 Å². The van der Waals surface area contributed by atoms with Gasteiger partial charge in [-0.15, -0.1) is 0 Å². The molecule has 0 radical (unpaired) electrons. The van der Waals surface area contributed by atoms with Gasteiger partial charge in [-0.25, -0.2) is 0 Å². The molecule has 1 amide bonds. The minimum absolute atomic E-state index is 0.155. The largest absolute Gasteiger partial charge is 0.398 e. The molecule has 0 unspecified atom stereocenters. The van der Waals surface area contributed by atoms with Gasteiger partial charge in [-0.05, 0) is 43.5 Å². The Morgan fingerprint density at radius 1 is 1.38 bits per heavy atom. The Morgan fingerprint density at radius 3 is 2.90 bits per heavy atom. The molecule has 0 aliphatic rings. The molecule has 21 heavy (non-hydrogen) atoms. The number of nitrogens with zero attached hydrogens (tertiary/aromatic N) is 1. The minimum Gasteiger partial charge on any atom is -0.398 e. The number of nitrogen functional groups attached to an aromatic ring is 1. The van der Waals surface area contributed by atoms with E-state index in [9.17, 15) is 4.79 Å². The van der Waals surface area contributed by atoms with Gasteiger partial charge in [0.05, 0.1) is 5.56 Å². The summed E-state index contributed by atoms with van der Waals surface area (Å²) in [5.41, 5.74) is 9.16. The van der Waals surface area contributed by atoms with Crippen molar-refractivity contribution in [3.05, 3.63) is 53.3 Å². The molecule has 1 aromatic heterocycles. The van der Waals surface area contributed by atoms with E-state index in [1.807, 2.05) is 31.2 Å². The monoisotopic (exact) mass is 285 g/mol. The molecular weight excluding hydrogens is 266 g/mol. The lowest BCUT2D eigenvalue weighted by molar-refractivity contribution is 0.102. The summed E-state index contributed by atoms with van der Waals surface area (Å²) >= 11 is 0. The molecule has 0 saturated carbocycles. The Bertz CT molecular complexity index is 641. The maximum atomic E-state index is 12.2. The van der Waals surface area contributed by atoms with Crippen LogP contribution in [0.3, 0.4) is 0 Å². The number of rotatable bonds is 5. The number of anilines is 2. The summed E-state index contributed by atoms with van der Waals surface area (Å²) in [6.07, 6.45) is 2.95. The van der Waals surface area contributed by atoms with Crippen LogP contribution in [0.2, 0.25) is 0 Å². The number of benzene rings is 1. The normalized spacial score (nSPS) is 10.4. The van der Waals surface area contributed by atoms with E-state index in [4.69, 9.17) is 10.8 Å². The molecule has 0 saturated heterocycles. The Balaban J connectivity index is 2.12. The van der Waals surface area contributed by atoms with Crippen molar-refractivity contribution in [2.75, 3.05) is 17.7 Å². The third-order valence-electron chi connectivity index (χ3n) is 3.13. The number of nitrogens with two attached hydrogens (primary N) is 1. The van der Waals surface area contributed by atoms with Crippen molar-refractivity contribution in [2.45, 2.75) is 19.8 Å². The lowest BCUT2D eigenvalue weighted by Crippen LogP contribution is -2.14. The van der Waals surface area contributed by atoms with E-state index in [0.717, 1.165) is 17.7 Å². The SMILES string of the molecule is Cc1cc(N)c(C(=O)Nc2cccc(CCCO)c2)cn1. The highest BCUT2D eigenvalue weighted by atomic mass is 16.2. The second-order valence-corrected chi connectivity index (χ2v) is 4.89. The van der Waals surface area contributed by atoms with Crippen molar-refractivity contribution >= 4 is 17.3 Å². The molecular formula is C16H19N3O2. The number of hydrogen-bond acceptors (Lipinski definition) is 4. The second-order valence-electron chi connectivity index (χ2n) is 4.89. The Labute approximate surface area is 123 Å². The quantitative estimate of drug-likeness (QED) is 0.785. The molecule has 4 N–H and O–H groups in total. The van der Waals surface area contributed by atoms with E-state index >= 15 is 0 Å². The van der Waals surface area contributed by atoms with E-state index < -0.39 is 0 Å². The van der Waals surface area contributed by atoms with Gasteiger partial charge in [-0.2, -0.15) is 0 Å². The number of aliphatic hydroxyl groups excluding tert-OH is 1. The Hall–Kier alpha value is -2.40. The number of aromatic nitrogens is 1. The van der Waals surface area contributed by atoms with Crippen LogP contribution in [0.5, 0.6) is 0 Å². The molecule has 0 aliphatic carbocycles. The molecule has 2 rings (SSSR count). The number of nitrogens with one attached hydrogen (secondary N) is 1. The van der Waals surface area contributed by atoms with Crippen molar-refractivity contribution in [2.24, 2.45) is 0 Å². The standard InChI is InChI=1S/C16H19N3O2/c1-11-8-15(17)14(10-18-11)16(21)19-13-6-2-4-12(9-13)5-3-7-20/h2,4,6,8-10,20H,3,5,7H2,1H3,(H2,17,18)(H,19,21). The number of carbonyl (C=O) groups excluding carboxylic acids is 1. The number of amides is 1. The molecule has 2 aromatic rings. The predicted molar refractivity (Wildman–Crippen MR) is 83.2 cm³/mol. The summed E-state index contributed by atoms with van der Waals surface area (Å²) < 4.78 is 0. The van der Waals surface area contributed by atoms with Gasteiger partial charge in [-0.3, -0.25) is 9.78 Å². The number of aryl methyl sites for hydroxylation is 2. The third kappa shape index (κ3) is 4.03. The van der Waals surface area contributed by atoms with Crippen LogP contribution in [0.15, 0.2) is 36.5 Å². The molecule has 1 heterocycles. The second kappa shape index (κ2) is 6.85. The first-order valence-corrected chi connectivity index (χ1v) is 6.83. The third-order valence-corrected chi connectivity index (χ3v) is 3.13. The van der Waals surface area contributed by atoms with Crippen LogP contribution in [-0.2, 0) is 6.42 Å². The zero-order valence-corrected chi connectivity index (χ0v) is 12.0. The van der Waals surface area contributed by atoms with Gasteiger partial charge in [-0.1, -0.05) is 12.1 Å². The van der Waals surface area contributed by atoms with Crippen LogP contribution >= 0.6 is 0 Å². The van der Waals surface area contributed by atoms with E-state index in [-0.39, 0.29) is 12.5 Å². The maximum Gasteiger partial charge on any atom is 0.259 e. The summed E-state index contributed by atoms with van der Waals surface area (Å²) in [5, 5.41) is 11.7. The topological polar surface area (TPSA) is 88.2 Å². The highest BCUT2D eigenvalue weighted by molar-refractivity contribution is 6.07. The fourth-order valence-electron chi connectivity index (χ4n) is 2.06. The molecule has 110 valence electrons. The van der Waals surface area contributed by atoms with Crippen molar-refractivity contribution in [3.8, 4) is 0 Å². The number of hydrogen-bond donors (Lipinski definition) is 3. The molecule has 0 spiro atoms. The van der Waals surface area contributed by atoms with E-state index in [1.165, 1.54) is 6.20 Å². The summed E-state index contributed by atoms with van der Waals surface area (Å²) in [7, 11) is 0. The zero-order chi connectivity index (χ0) is 15.2. The van der Waals surface area contributed by atoms with Gasteiger partial charge in [0, 0.05) is 29.9 Å². The first-order chi connectivity index (χ1) is 10.1. The van der Waals surface area contributed by atoms with Crippen molar-refractivity contribution in [3.63, 3.8) is 0 Å². The molecule has 0 bridgehead atoms. The van der Waals surface area contributed by atoms with Gasteiger partial charge in [0.25, 0.3) is 5.91 Å². The molecule has 5 heteroatoms. The lowest BCUT2D eigenvalue weighted by atomic mass is 10.1. The number of carbonyl (C=O) groups is 1. The van der Waals surface area contributed by atoms with Crippen LogP contribution in [0.4, 0.5) is 11.4 Å². The molecule has 0 fully saturated rings. The van der Waals surface area contributed by atoms with Gasteiger partial charge < -0.3 is 16.2 Å². The van der Waals surface area contributed by atoms with Gasteiger partial charge in [0.1, 0.15) is 0 Å². The summed E-state index contributed by atoms with van der Waals surface area (Å²) in [6.45, 7) is 1.98. The van der Waals surface area contributed by atoms with Gasteiger partial charge in [0.15, 0.2) is 0 Å². The summed E-state index contributed by atoms with van der Waals surface area (Å²) in [4.78, 5) is 16.3. The van der Waals surface area contributed by atoms with Crippen LogP contribution in [0.25, 0.3) is 0 Å². The average molecular weight is 285 g/mol. The predicted octanol–water partition coefficient (Wildman–Crippen LogP) is 2.15. The Kier molecular flexibility index (Phi) is 4.90. The lowest BCUT2D eigenvalue weighted by Gasteiger charge is -2.09. The maximum absolute atomic E-state index is 12.2. The van der Waals surface area contributed by atoms with Crippen LogP contribution in [-0.4, -0.2) is 22.6 Å². The number of aliphatic hydroxyl groups is 1. The zero-order valence-electron chi connectivity index (χ0n) is 12.0. The van der Waals surface area contributed by atoms with Crippen LogP contribution in [0.1, 0.15) is 28.0 Å². The van der Waals surface area contributed by atoms with Gasteiger partial charge >= 0.3 is 0 Å². The van der Waals surface area contributed by atoms with E-state index in [1.54, 1.807) is 6.07 Å². The highest BCUT2D eigenvalue weighted by Crippen LogP contribution is 2.16.